The first kappa shape index (κ1) is 17.4. The SMILES string of the molecule is O=C(OCCc1ccc([N+](=O)[O-])cc1)Oc1ccc(CO)cc1F. The van der Waals surface area contributed by atoms with Crippen molar-refractivity contribution in [1.82, 2.24) is 0 Å². The van der Waals surface area contributed by atoms with E-state index in [1.54, 1.807) is 12.1 Å². The molecule has 0 radical (unpaired) electrons. The van der Waals surface area contributed by atoms with Crippen molar-refractivity contribution in [2.45, 2.75) is 13.0 Å². The van der Waals surface area contributed by atoms with Crippen LogP contribution < -0.4 is 4.74 Å². The quantitative estimate of drug-likeness (QED) is 0.377. The molecule has 0 amide bonds. The van der Waals surface area contributed by atoms with E-state index in [9.17, 15) is 19.3 Å². The van der Waals surface area contributed by atoms with Gasteiger partial charge in [0.25, 0.3) is 5.69 Å². The molecule has 7 nitrogen and oxygen atoms in total. The average Bonchev–Trinajstić information content (AvgIpc) is 2.57. The third-order valence-corrected chi connectivity index (χ3v) is 3.13. The number of nitro groups is 1. The normalized spacial score (nSPS) is 10.2. The first-order chi connectivity index (χ1) is 11.5. The molecule has 24 heavy (non-hydrogen) atoms. The second-order valence-corrected chi connectivity index (χ2v) is 4.80. The van der Waals surface area contributed by atoms with Gasteiger partial charge in [-0.05, 0) is 23.3 Å². The molecular formula is C16H14FNO6. The zero-order valence-corrected chi connectivity index (χ0v) is 12.5. The summed E-state index contributed by atoms with van der Waals surface area (Å²) in [6.45, 7) is -0.343. The highest BCUT2D eigenvalue weighted by atomic mass is 19.1. The van der Waals surface area contributed by atoms with E-state index in [0.29, 0.717) is 12.0 Å². The Hall–Kier alpha value is -3.00. The number of aliphatic hydroxyl groups excluding tert-OH is 1. The van der Waals surface area contributed by atoms with Crippen LogP contribution in [0.15, 0.2) is 42.5 Å². The lowest BCUT2D eigenvalue weighted by molar-refractivity contribution is -0.384. The average molecular weight is 335 g/mol. The first-order valence-electron chi connectivity index (χ1n) is 6.97. The Morgan fingerprint density at radius 2 is 1.83 bits per heavy atom. The molecule has 2 rings (SSSR count). The van der Waals surface area contributed by atoms with Gasteiger partial charge in [-0.15, -0.1) is 0 Å². The van der Waals surface area contributed by atoms with Crippen molar-refractivity contribution in [2.24, 2.45) is 0 Å². The zero-order chi connectivity index (χ0) is 17.5. The number of ether oxygens (including phenoxy) is 2. The Morgan fingerprint density at radius 1 is 1.17 bits per heavy atom. The number of hydrogen-bond acceptors (Lipinski definition) is 6. The van der Waals surface area contributed by atoms with Gasteiger partial charge in [-0.2, -0.15) is 0 Å². The van der Waals surface area contributed by atoms with Crippen LogP contribution in [0.5, 0.6) is 5.75 Å². The number of aliphatic hydroxyl groups is 1. The fraction of sp³-hybridized carbons (Fsp3) is 0.188. The minimum atomic E-state index is -1.06. The summed E-state index contributed by atoms with van der Waals surface area (Å²) in [5.41, 5.74) is 1.07. The Morgan fingerprint density at radius 3 is 2.42 bits per heavy atom. The monoisotopic (exact) mass is 335 g/mol. The van der Waals surface area contributed by atoms with Crippen molar-refractivity contribution in [1.29, 1.82) is 0 Å². The minimum Gasteiger partial charge on any atom is -0.434 e. The second-order valence-electron chi connectivity index (χ2n) is 4.80. The van der Waals surface area contributed by atoms with E-state index >= 15 is 0 Å². The minimum absolute atomic E-state index is 0.0208. The standard InChI is InChI=1S/C16H14FNO6/c17-14-9-12(10-19)3-6-15(14)24-16(20)23-8-7-11-1-4-13(5-2-11)18(21)22/h1-6,9,19H,7-8,10H2. The van der Waals surface area contributed by atoms with Gasteiger partial charge in [0.05, 0.1) is 18.1 Å². The van der Waals surface area contributed by atoms with Crippen LogP contribution in [0.4, 0.5) is 14.9 Å². The van der Waals surface area contributed by atoms with Crippen molar-refractivity contribution in [3.05, 3.63) is 69.5 Å². The largest absolute Gasteiger partial charge is 0.513 e. The van der Waals surface area contributed by atoms with Gasteiger partial charge in [0, 0.05) is 18.6 Å². The lowest BCUT2D eigenvalue weighted by Gasteiger charge is -2.07. The van der Waals surface area contributed by atoms with Crippen LogP contribution in [0.25, 0.3) is 0 Å². The number of halogens is 1. The van der Waals surface area contributed by atoms with E-state index < -0.39 is 16.9 Å². The number of nitro benzene ring substituents is 1. The second kappa shape index (κ2) is 8.02. The summed E-state index contributed by atoms with van der Waals surface area (Å²) >= 11 is 0. The van der Waals surface area contributed by atoms with Crippen LogP contribution in [0.3, 0.4) is 0 Å². The van der Waals surface area contributed by atoms with Gasteiger partial charge in [-0.1, -0.05) is 18.2 Å². The maximum Gasteiger partial charge on any atom is 0.513 e. The zero-order valence-electron chi connectivity index (χ0n) is 12.5. The molecule has 0 atom stereocenters. The van der Waals surface area contributed by atoms with E-state index in [1.807, 2.05) is 0 Å². The molecule has 0 aliphatic rings. The summed E-state index contributed by atoms with van der Waals surface area (Å²) in [6.07, 6.45) is -0.730. The van der Waals surface area contributed by atoms with Gasteiger partial charge in [0.15, 0.2) is 11.6 Å². The molecule has 2 aromatic rings. The van der Waals surface area contributed by atoms with Crippen LogP contribution in [-0.4, -0.2) is 22.8 Å². The van der Waals surface area contributed by atoms with Gasteiger partial charge in [-0.25, -0.2) is 9.18 Å². The number of hydrogen-bond donors (Lipinski definition) is 1. The number of carbonyl (C=O) groups excluding carboxylic acids is 1. The Kier molecular flexibility index (Phi) is 5.80. The van der Waals surface area contributed by atoms with E-state index in [0.717, 1.165) is 11.6 Å². The first-order valence-corrected chi connectivity index (χ1v) is 6.97. The molecule has 0 aliphatic carbocycles. The molecule has 0 bridgehead atoms. The summed E-state index contributed by atoms with van der Waals surface area (Å²) in [5, 5.41) is 19.4. The predicted octanol–water partition coefficient (Wildman–Crippen LogP) is 2.98. The van der Waals surface area contributed by atoms with Crippen molar-refractivity contribution in [3.8, 4) is 5.75 Å². The Labute approximate surface area is 136 Å². The molecule has 126 valence electrons. The highest BCUT2D eigenvalue weighted by Crippen LogP contribution is 2.19. The molecule has 2 aromatic carbocycles. The summed E-state index contributed by atoms with van der Waals surface area (Å²) < 4.78 is 23.1. The summed E-state index contributed by atoms with van der Waals surface area (Å²) in [7, 11) is 0. The van der Waals surface area contributed by atoms with E-state index in [4.69, 9.17) is 14.6 Å². The van der Waals surface area contributed by atoms with Crippen LogP contribution in [-0.2, 0) is 17.8 Å². The number of benzene rings is 2. The number of nitrogens with zero attached hydrogens (tertiary/aromatic N) is 1. The fourth-order valence-electron chi connectivity index (χ4n) is 1.88. The molecule has 0 saturated heterocycles. The lowest BCUT2D eigenvalue weighted by atomic mass is 10.1. The van der Waals surface area contributed by atoms with Gasteiger partial charge < -0.3 is 14.6 Å². The van der Waals surface area contributed by atoms with Gasteiger partial charge >= 0.3 is 6.16 Å². The molecule has 0 aliphatic heterocycles. The highest BCUT2D eigenvalue weighted by molar-refractivity contribution is 5.63. The summed E-state index contributed by atoms with van der Waals surface area (Å²) in [6, 6.07) is 9.51. The van der Waals surface area contributed by atoms with Crippen LogP contribution in [0.1, 0.15) is 11.1 Å². The van der Waals surface area contributed by atoms with E-state index in [-0.39, 0.29) is 24.7 Å². The van der Waals surface area contributed by atoms with E-state index in [2.05, 4.69) is 0 Å². The molecule has 0 spiro atoms. The maximum absolute atomic E-state index is 13.6. The summed E-state index contributed by atoms with van der Waals surface area (Å²) in [4.78, 5) is 21.5. The third-order valence-electron chi connectivity index (χ3n) is 3.13. The van der Waals surface area contributed by atoms with Crippen LogP contribution in [0, 0.1) is 15.9 Å². The Balaban J connectivity index is 1.82. The number of carbonyl (C=O) groups is 1. The van der Waals surface area contributed by atoms with E-state index in [1.165, 1.54) is 24.3 Å². The molecule has 8 heteroatoms. The molecule has 0 heterocycles. The number of non-ortho nitro benzene ring substituents is 1. The van der Waals surface area contributed by atoms with Crippen molar-refractivity contribution in [3.63, 3.8) is 0 Å². The third kappa shape index (κ3) is 4.75. The predicted molar refractivity (Wildman–Crippen MR) is 81.1 cm³/mol. The van der Waals surface area contributed by atoms with Gasteiger partial charge in [0.2, 0.25) is 0 Å². The molecule has 0 unspecified atom stereocenters. The number of rotatable bonds is 6. The topological polar surface area (TPSA) is 98.9 Å². The van der Waals surface area contributed by atoms with Crippen molar-refractivity contribution >= 4 is 11.8 Å². The molecule has 0 fully saturated rings. The molecular weight excluding hydrogens is 321 g/mol. The van der Waals surface area contributed by atoms with Crippen LogP contribution >= 0.6 is 0 Å². The lowest BCUT2D eigenvalue weighted by Crippen LogP contribution is -2.13. The van der Waals surface area contributed by atoms with Crippen molar-refractivity contribution in [2.75, 3.05) is 6.61 Å². The molecule has 0 aromatic heterocycles. The molecule has 1 N–H and O–H groups in total. The fourth-order valence-corrected chi connectivity index (χ4v) is 1.88. The maximum atomic E-state index is 13.6. The van der Waals surface area contributed by atoms with Crippen LogP contribution in [0.2, 0.25) is 0 Å². The molecule has 0 saturated carbocycles. The van der Waals surface area contributed by atoms with Gasteiger partial charge in [-0.3, -0.25) is 10.1 Å². The van der Waals surface area contributed by atoms with Gasteiger partial charge in [0.1, 0.15) is 0 Å². The summed E-state index contributed by atoms with van der Waals surface area (Å²) in [5.74, 6) is -1.08. The highest BCUT2D eigenvalue weighted by Gasteiger charge is 2.11. The van der Waals surface area contributed by atoms with Crippen molar-refractivity contribution < 1.29 is 28.7 Å². The Bertz CT molecular complexity index is 732. The smallest absolute Gasteiger partial charge is 0.434 e.